The molecule has 2 N–H and O–H groups in total. The van der Waals surface area contributed by atoms with Crippen molar-refractivity contribution >= 4 is 40.9 Å². The predicted octanol–water partition coefficient (Wildman–Crippen LogP) is 2.51. The van der Waals surface area contributed by atoms with Crippen molar-refractivity contribution in [2.75, 3.05) is 29.1 Å². The van der Waals surface area contributed by atoms with Crippen LogP contribution < -0.4 is 15.5 Å². The fourth-order valence-corrected chi connectivity index (χ4v) is 3.61. The molecule has 0 radical (unpaired) electrons. The van der Waals surface area contributed by atoms with Gasteiger partial charge in [0, 0.05) is 22.7 Å². The number of para-hydroxylation sites is 1. The molecule has 0 fully saturated rings. The molecule has 0 unspecified atom stereocenters. The van der Waals surface area contributed by atoms with Gasteiger partial charge in [-0.3, -0.25) is 14.4 Å². The molecule has 1 heterocycles. The van der Waals surface area contributed by atoms with Crippen LogP contribution >= 0.6 is 11.8 Å². The van der Waals surface area contributed by atoms with Gasteiger partial charge in [0.25, 0.3) is 5.91 Å². The van der Waals surface area contributed by atoms with Crippen LogP contribution in [-0.2, 0) is 9.59 Å². The SMILES string of the molecule is CCNC(=O)c1cccc(NC(=O)CN2C(=O)CSc3ccccc32)c1. The van der Waals surface area contributed by atoms with Gasteiger partial charge in [0.2, 0.25) is 11.8 Å². The van der Waals surface area contributed by atoms with Gasteiger partial charge in [0.15, 0.2) is 0 Å². The molecule has 2 aromatic carbocycles. The number of thioether (sulfide) groups is 1. The molecule has 7 heteroatoms. The molecule has 0 aromatic heterocycles. The summed E-state index contributed by atoms with van der Waals surface area (Å²) in [5, 5.41) is 5.48. The zero-order chi connectivity index (χ0) is 18.5. The summed E-state index contributed by atoms with van der Waals surface area (Å²) in [6, 6.07) is 14.2. The van der Waals surface area contributed by atoms with Crippen LogP contribution in [0.4, 0.5) is 11.4 Å². The summed E-state index contributed by atoms with van der Waals surface area (Å²) in [5.74, 6) is -0.287. The first-order valence-electron chi connectivity index (χ1n) is 8.29. The highest BCUT2D eigenvalue weighted by atomic mass is 32.2. The van der Waals surface area contributed by atoms with Crippen LogP contribution in [0.25, 0.3) is 0 Å². The van der Waals surface area contributed by atoms with Gasteiger partial charge >= 0.3 is 0 Å². The molecule has 0 aliphatic carbocycles. The Morgan fingerprint density at radius 2 is 1.96 bits per heavy atom. The van der Waals surface area contributed by atoms with Gasteiger partial charge < -0.3 is 15.5 Å². The molecule has 3 rings (SSSR count). The molecule has 0 spiro atoms. The molecule has 1 aliphatic rings. The Morgan fingerprint density at radius 3 is 2.77 bits per heavy atom. The first-order valence-corrected chi connectivity index (χ1v) is 9.27. The standard InChI is InChI=1S/C19H19N3O3S/c1-2-20-19(25)13-6-5-7-14(10-13)21-17(23)11-22-15-8-3-4-9-16(15)26-12-18(22)24/h3-10H,2,11-12H2,1H3,(H,20,25)(H,21,23). The first kappa shape index (κ1) is 18.0. The number of hydrogen-bond donors (Lipinski definition) is 2. The Balaban J connectivity index is 1.71. The maximum atomic E-state index is 12.4. The van der Waals surface area contributed by atoms with Crippen molar-refractivity contribution in [2.45, 2.75) is 11.8 Å². The third kappa shape index (κ3) is 4.05. The summed E-state index contributed by atoms with van der Waals surface area (Å²) in [7, 11) is 0. The van der Waals surface area contributed by atoms with E-state index in [0.29, 0.717) is 23.5 Å². The number of anilines is 2. The lowest BCUT2D eigenvalue weighted by atomic mass is 10.2. The van der Waals surface area contributed by atoms with E-state index in [-0.39, 0.29) is 24.3 Å². The maximum absolute atomic E-state index is 12.4. The molecule has 0 saturated heterocycles. The van der Waals surface area contributed by atoms with Crippen molar-refractivity contribution < 1.29 is 14.4 Å². The molecule has 0 bridgehead atoms. The second-order valence-electron chi connectivity index (χ2n) is 5.72. The minimum Gasteiger partial charge on any atom is -0.352 e. The van der Waals surface area contributed by atoms with Crippen molar-refractivity contribution in [3.05, 3.63) is 54.1 Å². The number of carbonyl (C=O) groups is 3. The highest BCUT2D eigenvalue weighted by molar-refractivity contribution is 8.00. The number of nitrogens with one attached hydrogen (secondary N) is 2. The van der Waals surface area contributed by atoms with Crippen LogP contribution in [0.2, 0.25) is 0 Å². The monoisotopic (exact) mass is 369 g/mol. The third-order valence-corrected chi connectivity index (χ3v) is 4.90. The minimum absolute atomic E-state index is 0.0677. The van der Waals surface area contributed by atoms with Crippen molar-refractivity contribution in [3.63, 3.8) is 0 Å². The number of nitrogens with zero attached hydrogens (tertiary/aromatic N) is 1. The Bertz CT molecular complexity index is 853. The quantitative estimate of drug-likeness (QED) is 0.849. The Labute approximate surface area is 156 Å². The van der Waals surface area contributed by atoms with Crippen LogP contribution in [0.1, 0.15) is 17.3 Å². The third-order valence-electron chi connectivity index (χ3n) is 3.86. The average Bonchev–Trinajstić information content (AvgIpc) is 2.64. The summed E-state index contributed by atoms with van der Waals surface area (Å²) in [4.78, 5) is 39.0. The van der Waals surface area contributed by atoms with Crippen LogP contribution in [0, 0.1) is 0 Å². The molecule has 2 aromatic rings. The smallest absolute Gasteiger partial charge is 0.251 e. The molecule has 6 nitrogen and oxygen atoms in total. The van der Waals surface area contributed by atoms with Crippen molar-refractivity contribution in [1.82, 2.24) is 5.32 Å². The zero-order valence-electron chi connectivity index (χ0n) is 14.3. The largest absolute Gasteiger partial charge is 0.352 e. The fourth-order valence-electron chi connectivity index (χ4n) is 2.67. The van der Waals surface area contributed by atoms with E-state index in [2.05, 4.69) is 10.6 Å². The molecule has 134 valence electrons. The van der Waals surface area contributed by atoms with E-state index in [1.54, 1.807) is 24.3 Å². The number of fused-ring (bicyclic) bond motifs is 1. The topological polar surface area (TPSA) is 78.5 Å². The summed E-state index contributed by atoms with van der Waals surface area (Å²) in [6.07, 6.45) is 0. The molecular weight excluding hydrogens is 350 g/mol. The Hall–Kier alpha value is -2.80. The van der Waals surface area contributed by atoms with Crippen molar-refractivity contribution in [1.29, 1.82) is 0 Å². The first-order chi connectivity index (χ1) is 12.6. The lowest BCUT2D eigenvalue weighted by Crippen LogP contribution is -2.41. The van der Waals surface area contributed by atoms with Gasteiger partial charge in [-0.25, -0.2) is 0 Å². The predicted molar refractivity (Wildman–Crippen MR) is 103 cm³/mol. The highest BCUT2D eigenvalue weighted by Crippen LogP contribution is 2.34. The van der Waals surface area contributed by atoms with Gasteiger partial charge in [0.1, 0.15) is 6.54 Å². The van der Waals surface area contributed by atoms with Gasteiger partial charge in [0.05, 0.1) is 11.4 Å². The zero-order valence-corrected chi connectivity index (χ0v) is 15.1. The van der Waals surface area contributed by atoms with Gasteiger partial charge in [-0.1, -0.05) is 18.2 Å². The summed E-state index contributed by atoms with van der Waals surface area (Å²) in [5.41, 5.74) is 1.74. The maximum Gasteiger partial charge on any atom is 0.251 e. The van der Waals surface area contributed by atoms with E-state index in [4.69, 9.17) is 0 Å². The van der Waals surface area contributed by atoms with Crippen molar-refractivity contribution in [2.24, 2.45) is 0 Å². The molecule has 3 amide bonds. The molecular formula is C19H19N3O3S. The van der Waals surface area contributed by atoms with E-state index in [9.17, 15) is 14.4 Å². The van der Waals surface area contributed by atoms with E-state index in [1.807, 2.05) is 31.2 Å². The normalized spacial score (nSPS) is 13.1. The number of rotatable bonds is 5. The Morgan fingerprint density at radius 1 is 1.15 bits per heavy atom. The van der Waals surface area contributed by atoms with Gasteiger partial charge in [-0.15, -0.1) is 11.8 Å². The van der Waals surface area contributed by atoms with Crippen LogP contribution in [0.3, 0.4) is 0 Å². The van der Waals surface area contributed by atoms with E-state index in [0.717, 1.165) is 10.6 Å². The minimum atomic E-state index is -0.312. The fraction of sp³-hybridized carbons (Fsp3) is 0.211. The van der Waals surface area contributed by atoms with E-state index < -0.39 is 0 Å². The second-order valence-corrected chi connectivity index (χ2v) is 6.74. The number of amides is 3. The van der Waals surface area contributed by atoms with E-state index in [1.165, 1.54) is 16.7 Å². The van der Waals surface area contributed by atoms with E-state index >= 15 is 0 Å². The molecule has 1 aliphatic heterocycles. The molecule has 0 saturated carbocycles. The van der Waals surface area contributed by atoms with Gasteiger partial charge in [-0.05, 0) is 37.3 Å². The summed E-state index contributed by atoms with van der Waals surface area (Å²) >= 11 is 1.47. The van der Waals surface area contributed by atoms with Crippen molar-refractivity contribution in [3.8, 4) is 0 Å². The number of carbonyl (C=O) groups excluding carboxylic acids is 3. The van der Waals surface area contributed by atoms with Crippen LogP contribution in [-0.4, -0.2) is 36.6 Å². The van der Waals surface area contributed by atoms with Gasteiger partial charge in [-0.2, -0.15) is 0 Å². The molecule has 26 heavy (non-hydrogen) atoms. The average molecular weight is 369 g/mol. The summed E-state index contributed by atoms with van der Waals surface area (Å²) < 4.78 is 0. The number of benzene rings is 2. The lowest BCUT2D eigenvalue weighted by Gasteiger charge is -2.28. The highest BCUT2D eigenvalue weighted by Gasteiger charge is 2.26. The Kier molecular flexibility index (Phi) is 5.58. The second kappa shape index (κ2) is 8.05. The molecule has 0 atom stereocenters. The van der Waals surface area contributed by atoms with Crippen LogP contribution in [0.5, 0.6) is 0 Å². The van der Waals surface area contributed by atoms with Crippen LogP contribution in [0.15, 0.2) is 53.4 Å². The summed E-state index contributed by atoms with van der Waals surface area (Å²) in [6.45, 7) is 2.31. The number of hydrogen-bond acceptors (Lipinski definition) is 4. The lowest BCUT2D eigenvalue weighted by molar-refractivity contribution is -0.120.